The molecule has 7 nitrogen and oxygen atoms in total. The van der Waals surface area contributed by atoms with Gasteiger partial charge in [-0.15, -0.1) is 0 Å². The number of aromatic nitrogens is 1. The van der Waals surface area contributed by atoms with Crippen LogP contribution in [0.4, 0.5) is 5.69 Å². The van der Waals surface area contributed by atoms with Crippen molar-refractivity contribution in [3.8, 4) is 5.75 Å². The maximum absolute atomic E-state index is 13.2. The van der Waals surface area contributed by atoms with E-state index in [9.17, 15) is 14.4 Å². The number of rotatable bonds is 7. The molecule has 4 aromatic rings. The van der Waals surface area contributed by atoms with Gasteiger partial charge < -0.3 is 20.4 Å². The van der Waals surface area contributed by atoms with Crippen molar-refractivity contribution in [2.24, 2.45) is 0 Å². The fourth-order valence-electron chi connectivity index (χ4n) is 3.45. The highest BCUT2D eigenvalue weighted by atomic mass is 16.5. The SMILES string of the molecule is COc1ccc2[nH]cc(C=C(NC(=O)c3ccccc3)C(=O)Nc3ccc(C(C)=O)cc3)c2c1. The number of fused-ring (bicyclic) bond motifs is 1. The molecule has 1 heterocycles. The van der Waals surface area contributed by atoms with Crippen molar-refractivity contribution in [1.29, 1.82) is 0 Å². The van der Waals surface area contributed by atoms with E-state index < -0.39 is 11.8 Å². The van der Waals surface area contributed by atoms with E-state index in [-0.39, 0.29) is 11.5 Å². The van der Waals surface area contributed by atoms with Crippen LogP contribution < -0.4 is 15.4 Å². The Morgan fingerprint density at radius 1 is 0.912 bits per heavy atom. The molecule has 170 valence electrons. The molecule has 34 heavy (non-hydrogen) atoms. The van der Waals surface area contributed by atoms with E-state index in [1.807, 2.05) is 24.3 Å². The van der Waals surface area contributed by atoms with Crippen molar-refractivity contribution in [3.63, 3.8) is 0 Å². The molecule has 4 rings (SSSR count). The Balaban J connectivity index is 1.68. The molecule has 0 fully saturated rings. The maximum Gasteiger partial charge on any atom is 0.272 e. The van der Waals surface area contributed by atoms with Gasteiger partial charge in [0.05, 0.1) is 7.11 Å². The first-order valence-electron chi connectivity index (χ1n) is 10.6. The second-order valence-corrected chi connectivity index (χ2v) is 7.62. The van der Waals surface area contributed by atoms with Crippen molar-refractivity contribution in [2.45, 2.75) is 6.92 Å². The predicted octanol–water partition coefficient (Wildman–Crippen LogP) is 4.79. The summed E-state index contributed by atoms with van der Waals surface area (Å²) in [6.45, 7) is 1.48. The lowest BCUT2D eigenvalue weighted by molar-refractivity contribution is -0.113. The largest absolute Gasteiger partial charge is 0.497 e. The summed E-state index contributed by atoms with van der Waals surface area (Å²) < 4.78 is 5.32. The van der Waals surface area contributed by atoms with Crippen LogP contribution in [-0.4, -0.2) is 29.7 Å². The topological polar surface area (TPSA) is 100 Å². The maximum atomic E-state index is 13.2. The van der Waals surface area contributed by atoms with Crippen molar-refractivity contribution in [1.82, 2.24) is 10.3 Å². The second-order valence-electron chi connectivity index (χ2n) is 7.62. The van der Waals surface area contributed by atoms with Gasteiger partial charge in [-0.3, -0.25) is 14.4 Å². The summed E-state index contributed by atoms with van der Waals surface area (Å²) in [5, 5.41) is 6.34. The number of hydrogen-bond donors (Lipinski definition) is 3. The average Bonchev–Trinajstić information content (AvgIpc) is 3.26. The fraction of sp³-hybridized carbons (Fsp3) is 0.0741. The van der Waals surface area contributed by atoms with Crippen LogP contribution in [-0.2, 0) is 4.79 Å². The molecule has 3 aromatic carbocycles. The Hall–Kier alpha value is -4.65. The minimum Gasteiger partial charge on any atom is -0.497 e. The zero-order chi connectivity index (χ0) is 24.1. The zero-order valence-electron chi connectivity index (χ0n) is 18.7. The Morgan fingerprint density at radius 3 is 2.32 bits per heavy atom. The molecule has 7 heteroatoms. The number of H-pyrrole nitrogens is 1. The molecule has 2 amide bonds. The van der Waals surface area contributed by atoms with E-state index in [1.54, 1.807) is 67.9 Å². The highest BCUT2D eigenvalue weighted by Crippen LogP contribution is 2.25. The van der Waals surface area contributed by atoms with E-state index in [0.29, 0.717) is 28.1 Å². The lowest BCUT2D eigenvalue weighted by Gasteiger charge is -2.11. The third kappa shape index (κ3) is 5.05. The molecule has 1 aromatic heterocycles. The van der Waals surface area contributed by atoms with Crippen LogP contribution in [0.25, 0.3) is 17.0 Å². The Morgan fingerprint density at radius 2 is 1.65 bits per heavy atom. The summed E-state index contributed by atoms with van der Waals surface area (Å²) in [6, 6.07) is 20.8. The van der Waals surface area contributed by atoms with Gasteiger partial charge in [-0.05, 0) is 67.6 Å². The number of ether oxygens (including phenoxy) is 1. The summed E-state index contributed by atoms with van der Waals surface area (Å²) in [5.74, 6) is -0.307. The number of carbonyl (C=O) groups is 3. The molecule has 0 saturated heterocycles. The standard InChI is InChI=1S/C27H23N3O4/c1-17(31)18-8-10-21(11-9-18)29-27(33)25(30-26(32)19-6-4-3-5-7-19)14-20-16-28-24-13-12-22(34-2)15-23(20)24/h3-16,28H,1-2H3,(H,29,33)(H,30,32). The van der Waals surface area contributed by atoms with Gasteiger partial charge in [-0.2, -0.15) is 0 Å². The van der Waals surface area contributed by atoms with Crippen LogP contribution in [0, 0.1) is 0 Å². The van der Waals surface area contributed by atoms with Crippen LogP contribution in [0.2, 0.25) is 0 Å². The number of aromatic amines is 1. The molecule has 0 aliphatic heterocycles. The number of Topliss-reactive ketones (excluding diaryl/α,β-unsaturated/α-hetero) is 1. The fourth-order valence-corrected chi connectivity index (χ4v) is 3.45. The molecule has 0 radical (unpaired) electrons. The Bertz CT molecular complexity index is 1390. The van der Waals surface area contributed by atoms with Crippen LogP contribution in [0.3, 0.4) is 0 Å². The van der Waals surface area contributed by atoms with E-state index >= 15 is 0 Å². The Kier molecular flexibility index (Phi) is 6.54. The summed E-state index contributed by atoms with van der Waals surface area (Å²) in [4.78, 5) is 40.7. The summed E-state index contributed by atoms with van der Waals surface area (Å²) >= 11 is 0. The van der Waals surface area contributed by atoms with Gasteiger partial charge in [0, 0.05) is 39.5 Å². The first-order valence-corrected chi connectivity index (χ1v) is 10.6. The highest BCUT2D eigenvalue weighted by Gasteiger charge is 2.16. The number of methoxy groups -OCH3 is 1. The van der Waals surface area contributed by atoms with Crippen LogP contribution in [0.5, 0.6) is 5.75 Å². The predicted molar refractivity (Wildman–Crippen MR) is 132 cm³/mol. The third-order valence-corrected chi connectivity index (χ3v) is 5.30. The van der Waals surface area contributed by atoms with Gasteiger partial charge in [-0.1, -0.05) is 18.2 Å². The molecule has 0 bridgehead atoms. The van der Waals surface area contributed by atoms with Crippen molar-refractivity contribution in [3.05, 3.63) is 101 Å². The van der Waals surface area contributed by atoms with Gasteiger partial charge in [0.2, 0.25) is 0 Å². The summed E-state index contributed by atoms with van der Waals surface area (Å²) in [7, 11) is 1.58. The van der Waals surface area contributed by atoms with Gasteiger partial charge in [-0.25, -0.2) is 0 Å². The quantitative estimate of drug-likeness (QED) is 0.277. The molecular formula is C27H23N3O4. The number of benzene rings is 3. The Labute approximate surface area is 196 Å². The summed E-state index contributed by atoms with van der Waals surface area (Å²) in [6.07, 6.45) is 3.37. The first-order chi connectivity index (χ1) is 16.4. The van der Waals surface area contributed by atoms with Gasteiger partial charge in [0.1, 0.15) is 11.4 Å². The third-order valence-electron chi connectivity index (χ3n) is 5.30. The number of hydrogen-bond acceptors (Lipinski definition) is 4. The normalized spacial score (nSPS) is 11.2. The molecule has 0 aliphatic rings. The van der Waals surface area contributed by atoms with E-state index in [2.05, 4.69) is 15.6 Å². The molecular weight excluding hydrogens is 430 g/mol. The van der Waals surface area contributed by atoms with Gasteiger partial charge >= 0.3 is 0 Å². The van der Waals surface area contributed by atoms with Crippen molar-refractivity contribution < 1.29 is 19.1 Å². The average molecular weight is 453 g/mol. The number of amides is 2. The number of nitrogens with one attached hydrogen (secondary N) is 3. The van der Waals surface area contributed by atoms with Crippen LogP contribution in [0.1, 0.15) is 33.2 Å². The van der Waals surface area contributed by atoms with Crippen molar-refractivity contribution >= 4 is 40.3 Å². The van der Waals surface area contributed by atoms with E-state index in [4.69, 9.17) is 4.74 Å². The minimum atomic E-state index is -0.503. The lowest BCUT2D eigenvalue weighted by Crippen LogP contribution is -2.30. The molecule has 0 saturated carbocycles. The lowest BCUT2D eigenvalue weighted by atomic mass is 10.1. The first kappa shape index (κ1) is 22.5. The summed E-state index contributed by atoms with van der Waals surface area (Å²) in [5.41, 5.74) is 3.09. The van der Waals surface area contributed by atoms with E-state index in [0.717, 1.165) is 10.9 Å². The molecule has 3 N–H and O–H groups in total. The second kappa shape index (κ2) is 9.87. The number of anilines is 1. The molecule has 0 unspecified atom stereocenters. The van der Waals surface area contributed by atoms with Gasteiger partial charge in [0.15, 0.2) is 5.78 Å². The van der Waals surface area contributed by atoms with E-state index in [1.165, 1.54) is 6.92 Å². The number of ketones is 1. The van der Waals surface area contributed by atoms with Gasteiger partial charge in [0.25, 0.3) is 11.8 Å². The van der Waals surface area contributed by atoms with Crippen LogP contribution >= 0.6 is 0 Å². The highest BCUT2D eigenvalue weighted by molar-refractivity contribution is 6.11. The zero-order valence-corrected chi connectivity index (χ0v) is 18.7. The molecule has 0 aliphatic carbocycles. The monoisotopic (exact) mass is 453 g/mol. The number of carbonyl (C=O) groups excluding carboxylic acids is 3. The minimum absolute atomic E-state index is 0.0632. The van der Waals surface area contributed by atoms with Crippen LogP contribution in [0.15, 0.2) is 84.7 Å². The smallest absolute Gasteiger partial charge is 0.272 e. The molecule has 0 atom stereocenters. The molecule has 0 spiro atoms. The van der Waals surface area contributed by atoms with Crippen molar-refractivity contribution in [2.75, 3.05) is 12.4 Å².